The molecule has 2 aromatic rings. The summed E-state index contributed by atoms with van der Waals surface area (Å²) < 4.78 is 10.0. The molecule has 2 heterocycles. The highest BCUT2D eigenvalue weighted by molar-refractivity contribution is 5.58. The van der Waals surface area contributed by atoms with Gasteiger partial charge >= 0.3 is 0 Å². The van der Waals surface area contributed by atoms with Gasteiger partial charge in [0.1, 0.15) is 12.0 Å². The van der Waals surface area contributed by atoms with E-state index in [1.807, 2.05) is 13.0 Å². The Labute approximate surface area is 69.0 Å². The predicted molar refractivity (Wildman–Crippen MR) is 43.4 cm³/mol. The lowest BCUT2D eigenvalue weighted by Gasteiger charge is -1.81. The van der Waals surface area contributed by atoms with Gasteiger partial charge in [0, 0.05) is 6.07 Å². The Hall–Kier alpha value is -1.71. The van der Waals surface area contributed by atoms with E-state index in [-0.39, 0.29) is 0 Å². The lowest BCUT2D eigenvalue weighted by atomic mass is 10.2. The van der Waals surface area contributed by atoms with Crippen molar-refractivity contribution in [3.63, 3.8) is 0 Å². The van der Waals surface area contributed by atoms with Crippen LogP contribution in [0.15, 0.2) is 27.3 Å². The lowest BCUT2D eigenvalue weighted by Crippen LogP contribution is -1.79. The topological polar surface area (TPSA) is 65.2 Å². The van der Waals surface area contributed by atoms with Gasteiger partial charge in [0.15, 0.2) is 11.6 Å². The van der Waals surface area contributed by atoms with Crippen molar-refractivity contribution in [1.29, 1.82) is 0 Å². The van der Waals surface area contributed by atoms with Gasteiger partial charge in [0.25, 0.3) is 0 Å². The summed E-state index contributed by atoms with van der Waals surface area (Å²) in [5.41, 5.74) is 6.25. The van der Waals surface area contributed by atoms with E-state index >= 15 is 0 Å². The van der Waals surface area contributed by atoms with Gasteiger partial charge in [-0.1, -0.05) is 5.16 Å². The van der Waals surface area contributed by atoms with Crippen molar-refractivity contribution in [1.82, 2.24) is 5.16 Å². The molecular formula is C8H8N2O2. The second kappa shape index (κ2) is 2.41. The van der Waals surface area contributed by atoms with E-state index in [0.717, 1.165) is 11.3 Å². The molecule has 62 valence electrons. The van der Waals surface area contributed by atoms with Crippen molar-refractivity contribution >= 4 is 5.82 Å². The summed E-state index contributed by atoms with van der Waals surface area (Å²) in [6, 6.07) is 3.52. The van der Waals surface area contributed by atoms with Gasteiger partial charge in [-0.25, -0.2) is 0 Å². The van der Waals surface area contributed by atoms with E-state index in [4.69, 9.17) is 14.7 Å². The molecule has 0 aliphatic heterocycles. The van der Waals surface area contributed by atoms with Gasteiger partial charge in [-0.15, -0.1) is 0 Å². The number of anilines is 1. The summed E-state index contributed by atoms with van der Waals surface area (Å²) in [6.07, 6.45) is 1.61. The smallest absolute Gasteiger partial charge is 0.172 e. The van der Waals surface area contributed by atoms with Gasteiger partial charge in [-0.3, -0.25) is 0 Å². The van der Waals surface area contributed by atoms with Crippen molar-refractivity contribution < 1.29 is 8.94 Å². The Morgan fingerprint density at radius 3 is 2.75 bits per heavy atom. The maximum Gasteiger partial charge on any atom is 0.172 e. The molecule has 2 N–H and O–H groups in total. The molecule has 12 heavy (non-hydrogen) atoms. The Morgan fingerprint density at radius 1 is 1.42 bits per heavy atom. The van der Waals surface area contributed by atoms with Crippen molar-refractivity contribution in [2.75, 3.05) is 5.73 Å². The molecule has 0 aromatic carbocycles. The highest BCUT2D eigenvalue weighted by Crippen LogP contribution is 2.22. The fraction of sp³-hybridized carbons (Fsp3) is 0.125. The molecule has 0 aliphatic rings. The van der Waals surface area contributed by atoms with Crippen LogP contribution in [0.2, 0.25) is 0 Å². The Kier molecular flexibility index (Phi) is 1.40. The summed E-state index contributed by atoms with van der Waals surface area (Å²) >= 11 is 0. The van der Waals surface area contributed by atoms with Crippen molar-refractivity contribution in [2.45, 2.75) is 6.92 Å². The van der Waals surface area contributed by atoms with Crippen LogP contribution in [0.1, 0.15) is 5.76 Å². The number of hydrogen-bond acceptors (Lipinski definition) is 4. The van der Waals surface area contributed by atoms with Crippen molar-refractivity contribution in [2.24, 2.45) is 0 Å². The number of furan rings is 1. The molecule has 4 nitrogen and oxygen atoms in total. The first kappa shape index (κ1) is 6.97. The van der Waals surface area contributed by atoms with E-state index in [1.54, 1.807) is 12.3 Å². The summed E-state index contributed by atoms with van der Waals surface area (Å²) in [5.74, 6) is 1.84. The second-order valence-electron chi connectivity index (χ2n) is 2.56. The monoisotopic (exact) mass is 164 g/mol. The van der Waals surface area contributed by atoms with Gasteiger partial charge < -0.3 is 14.7 Å². The van der Waals surface area contributed by atoms with Gasteiger partial charge in [-0.2, -0.15) is 0 Å². The van der Waals surface area contributed by atoms with Crippen LogP contribution in [-0.4, -0.2) is 5.16 Å². The SMILES string of the molecule is Cc1cc(-c2cc(N)no2)co1. The van der Waals surface area contributed by atoms with Gasteiger partial charge in [0.05, 0.1) is 5.56 Å². The zero-order valence-corrected chi connectivity index (χ0v) is 6.57. The molecule has 0 atom stereocenters. The molecule has 0 saturated heterocycles. The van der Waals surface area contributed by atoms with Crippen LogP contribution in [0.25, 0.3) is 11.3 Å². The van der Waals surface area contributed by atoms with Crippen LogP contribution in [0, 0.1) is 6.92 Å². The molecule has 0 saturated carbocycles. The minimum absolute atomic E-state index is 0.379. The fourth-order valence-corrected chi connectivity index (χ4v) is 0.998. The molecule has 0 aliphatic carbocycles. The molecule has 0 fully saturated rings. The van der Waals surface area contributed by atoms with Gasteiger partial charge in [-0.05, 0) is 13.0 Å². The Balaban J connectivity index is 2.43. The Morgan fingerprint density at radius 2 is 2.25 bits per heavy atom. The number of nitrogens with two attached hydrogens (primary N) is 1. The summed E-state index contributed by atoms with van der Waals surface area (Å²) in [7, 11) is 0. The highest BCUT2D eigenvalue weighted by Gasteiger charge is 2.06. The van der Waals surface area contributed by atoms with E-state index in [0.29, 0.717) is 11.6 Å². The zero-order chi connectivity index (χ0) is 8.55. The van der Waals surface area contributed by atoms with Crippen LogP contribution in [0.3, 0.4) is 0 Å². The highest BCUT2D eigenvalue weighted by atomic mass is 16.5. The molecule has 2 rings (SSSR count). The number of aromatic nitrogens is 1. The molecule has 0 unspecified atom stereocenters. The first-order valence-corrected chi connectivity index (χ1v) is 3.53. The third-order valence-electron chi connectivity index (χ3n) is 1.54. The first-order chi connectivity index (χ1) is 5.75. The number of nitrogen functional groups attached to an aromatic ring is 1. The fourth-order valence-electron chi connectivity index (χ4n) is 0.998. The van der Waals surface area contributed by atoms with Crippen molar-refractivity contribution in [3.05, 3.63) is 24.2 Å². The number of rotatable bonds is 1. The first-order valence-electron chi connectivity index (χ1n) is 3.53. The lowest BCUT2D eigenvalue weighted by molar-refractivity contribution is 0.435. The average Bonchev–Trinajstić information content (AvgIpc) is 2.58. The number of aryl methyl sites for hydroxylation is 1. The zero-order valence-electron chi connectivity index (χ0n) is 6.57. The second-order valence-corrected chi connectivity index (χ2v) is 2.56. The van der Waals surface area contributed by atoms with Gasteiger partial charge in [0.2, 0.25) is 0 Å². The minimum Gasteiger partial charge on any atom is -0.469 e. The maximum absolute atomic E-state index is 5.39. The molecule has 0 amide bonds. The number of nitrogens with zero attached hydrogens (tertiary/aromatic N) is 1. The van der Waals surface area contributed by atoms with Crippen LogP contribution >= 0.6 is 0 Å². The normalized spacial score (nSPS) is 10.4. The van der Waals surface area contributed by atoms with Crippen LogP contribution in [0.4, 0.5) is 5.82 Å². The molecule has 0 spiro atoms. The van der Waals surface area contributed by atoms with E-state index in [1.165, 1.54) is 0 Å². The molecule has 0 radical (unpaired) electrons. The summed E-state index contributed by atoms with van der Waals surface area (Å²) in [6.45, 7) is 1.86. The average molecular weight is 164 g/mol. The molecular weight excluding hydrogens is 156 g/mol. The molecule has 4 heteroatoms. The van der Waals surface area contributed by atoms with Crippen LogP contribution < -0.4 is 5.73 Å². The maximum atomic E-state index is 5.39. The van der Waals surface area contributed by atoms with Crippen molar-refractivity contribution in [3.8, 4) is 11.3 Å². The van der Waals surface area contributed by atoms with Crippen LogP contribution in [0.5, 0.6) is 0 Å². The molecule has 0 bridgehead atoms. The Bertz CT molecular complexity index is 351. The van der Waals surface area contributed by atoms with E-state index in [2.05, 4.69) is 5.16 Å². The molecule has 2 aromatic heterocycles. The minimum atomic E-state index is 0.379. The number of hydrogen-bond donors (Lipinski definition) is 1. The standard InChI is InChI=1S/C8H8N2O2/c1-5-2-6(4-11-5)7-3-8(9)10-12-7/h2-4H,1H3,(H2,9,10). The summed E-state index contributed by atoms with van der Waals surface area (Å²) in [5, 5.41) is 3.56. The summed E-state index contributed by atoms with van der Waals surface area (Å²) in [4.78, 5) is 0. The quantitative estimate of drug-likeness (QED) is 0.698. The third kappa shape index (κ3) is 1.07. The van der Waals surface area contributed by atoms with E-state index in [9.17, 15) is 0 Å². The predicted octanol–water partition coefficient (Wildman–Crippen LogP) is 1.83. The van der Waals surface area contributed by atoms with E-state index < -0.39 is 0 Å². The largest absolute Gasteiger partial charge is 0.469 e. The van der Waals surface area contributed by atoms with Crippen LogP contribution in [-0.2, 0) is 0 Å². The third-order valence-corrected chi connectivity index (χ3v) is 1.54.